The van der Waals surface area contributed by atoms with Crippen LogP contribution in [0.15, 0.2) is 34.5 Å². The summed E-state index contributed by atoms with van der Waals surface area (Å²) in [5.41, 5.74) is 0.695. The minimum atomic E-state index is -3.72. The summed E-state index contributed by atoms with van der Waals surface area (Å²) in [6, 6.07) is 4.60. The third-order valence-corrected chi connectivity index (χ3v) is 5.17. The molecule has 2 aromatic rings. The lowest BCUT2D eigenvalue weighted by molar-refractivity contribution is 0.0696. The van der Waals surface area contributed by atoms with Crippen molar-refractivity contribution in [1.29, 1.82) is 0 Å². The van der Waals surface area contributed by atoms with Crippen molar-refractivity contribution in [3.8, 4) is 0 Å². The topological polar surface area (TPSA) is 96.4 Å². The van der Waals surface area contributed by atoms with Gasteiger partial charge in [-0.25, -0.2) is 22.9 Å². The summed E-state index contributed by atoms with van der Waals surface area (Å²) in [7, 11) is -3.72. The van der Waals surface area contributed by atoms with Crippen LogP contribution in [0.3, 0.4) is 0 Å². The lowest BCUT2D eigenvalue weighted by Crippen LogP contribution is -2.27. The van der Waals surface area contributed by atoms with E-state index < -0.39 is 22.0 Å². The van der Waals surface area contributed by atoms with Gasteiger partial charge in [-0.1, -0.05) is 0 Å². The Labute approximate surface area is 126 Å². The highest BCUT2D eigenvalue weighted by molar-refractivity contribution is 7.89. The number of carbonyl (C=O) groups is 1. The number of hydrogen-bond acceptors (Lipinski definition) is 5. The van der Waals surface area contributed by atoms with Crippen LogP contribution in [0.4, 0.5) is 0 Å². The zero-order valence-electron chi connectivity index (χ0n) is 11.4. The van der Waals surface area contributed by atoms with Gasteiger partial charge in [-0.3, -0.25) is 0 Å². The molecule has 1 heterocycles. The van der Waals surface area contributed by atoms with Gasteiger partial charge in [-0.05, 0) is 38.1 Å². The van der Waals surface area contributed by atoms with Crippen molar-refractivity contribution < 1.29 is 18.3 Å². The number of carboxylic acids is 1. The quantitative estimate of drug-likeness (QED) is 0.878. The molecule has 1 atom stereocenters. The van der Waals surface area contributed by atoms with Crippen molar-refractivity contribution in [2.24, 2.45) is 0 Å². The maximum absolute atomic E-state index is 12.2. The van der Waals surface area contributed by atoms with Crippen molar-refractivity contribution in [3.05, 3.63) is 45.9 Å². The highest BCUT2D eigenvalue weighted by Crippen LogP contribution is 2.19. The smallest absolute Gasteiger partial charge is 0.335 e. The Balaban J connectivity index is 2.19. The van der Waals surface area contributed by atoms with Crippen LogP contribution in [-0.4, -0.2) is 24.5 Å². The molecule has 21 heavy (non-hydrogen) atoms. The van der Waals surface area contributed by atoms with Gasteiger partial charge in [-0.15, -0.1) is 11.3 Å². The van der Waals surface area contributed by atoms with E-state index in [2.05, 4.69) is 9.71 Å². The van der Waals surface area contributed by atoms with Gasteiger partial charge in [-0.2, -0.15) is 0 Å². The fourth-order valence-corrected chi connectivity index (χ4v) is 3.64. The summed E-state index contributed by atoms with van der Waals surface area (Å²) < 4.78 is 27.0. The molecular formula is C13H14N2O4S2. The van der Waals surface area contributed by atoms with Crippen molar-refractivity contribution in [3.63, 3.8) is 0 Å². The van der Waals surface area contributed by atoms with Crippen LogP contribution in [0.5, 0.6) is 0 Å². The SMILES string of the molecule is Cc1nc(C(C)NS(=O)(=O)c2ccc(C(=O)O)cc2)cs1. The molecule has 0 fully saturated rings. The molecule has 6 nitrogen and oxygen atoms in total. The number of sulfonamides is 1. The average Bonchev–Trinajstić information content (AvgIpc) is 2.85. The van der Waals surface area contributed by atoms with Crippen molar-refractivity contribution in [1.82, 2.24) is 9.71 Å². The third-order valence-electron chi connectivity index (χ3n) is 2.82. The number of carboxylic acid groups (broad SMARTS) is 1. The van der Waals surface area contributed by atoms with Gasteiger partial charge >= 0.3 is 5.97 Å². The zero-order chi connectivity index (χ0) is 15.6. The average molecular weight is 326 g/mol. The van der Waals surface area contributed by atoms with E-state index in [1.807, 2.05) is 6.92 Å². The number of nitrogens with zero attached hydrogens (tertiary/aromatic N) is 1. The van der Waals surface area contributed by atoms with E-state index in [1.165, 1.54) is 35.6 Å². The van der Waals surface area contributed by atoms with Gasteiger partial charge < -0.3 is 5.11 Å². The van der Waals surface area contributed by atoms with E-state index in [0.717, 1.165) is 5.01 Å². The largest absolute Gasteiger partial charge is 0.478 e. The molecule has 112 valence electrons. The number of thiazole rings is 1. The summed E-state index contributed by atoms with van der Waals surface area (Å²) in [5, 5.41) is 11.5. The molecule has 1 unspecified atom stereocenters. The number of rotatable bonds is 5. The molecular weight excluding hydrogens is 312 g/mol. The van der Waals surface area contributed by atoms with E-state index in [9.17, 15) is 13.2 Å². The van der Waals surface area contributed by atoms with E-state index in [4.69, 9.17) is 5.11 Å². The molecule has 8 heteroatoms. The summed E-state index contributed by atoms with van der Waals surface area (Å²) in [5.74, 6) is -1.10. The molecule has 0 saturated carbocycles. The zero-order valence-corrected chi connectivity index (χ0v) is 13.0. The first kappa shape index (κ1) is 15.6. The van der Waals surface area contributed by atoms with Crippen molar-refractivity contribution >= 4 is 27.3 Å². The van der Waals surface area contributed by atoms with E-state index in [-0.39, 0.29) is 10.5 Å². The van der Waals surface area contributed by atoms with Gasteiger partial charge in [0, 0.05) is 5.38 Å². The van der Waals surface area contributed by atoms with Crippen LogP contribution in [0.25, 0.3) is 0 Å². The summed E-state index contributed by atoms with van der Waals surface area (Å²) >= 11 is 1.45. The first-order valence-corrected chi connectivity index (χ1v) is 8.43. The number of hydrogen-bond donors (Lipinski definition) is 2. The first-order valence-electron chi connectivity index (χ1n) is 6.07. The van der Waals surface area contributed by atoms with Gasteiger partial charge in [0.2, 0.25) is 10.0 Å². The predicted molar refractivity (Wildman–Crippen MR) is 79.0 cm³/mol. The van der Waals surface area contributed by atoms with Crippen LogP contribution in [0, 0.1) is 6.92 Å². The van der Waals surface area contributed by atoms with Gasteiger partial charge in [0.05, 0.1) is 27.2 Å². The van der Waals surface area contributed by atoms with Crippen LogP contribution in [0.2, 0.25) is 0 Å². The predicted octanol–water partition coefficient (Wildman–Crippen LogP) is 2.19. The first-order chi connectivity index (χ1) is 9.79. The molecule has 1 aromatic carbocycles. The molecule has 2 N–H and O–H groups in total. The number of benzene rings is 1. The van der Waals surface area contributed by atoms with Crippen LogP contribution < -0.4 is 4.72 Å². The highest BCUT2D eigenvalue weighted by atomic mass is 32.2. The van der Waals surface area contributed by atoms with E-state index in [1.54, 1.807) is 12.3 Å². The monoisotopic (exact) mass is 326 g/mol. The van der Waals surface area contributed by atoms with Crippen LogP contribution in [0.1, 0.15) is 34.0 Å². The normalized spacial score (nSPS) is 13.0. The lowest BCUT2D eigenvalue weighted by Gasteiger charge is -2.12. The molecule has 2 rings (SSSR count). The minimum absolute atomic E-state index is 0.0197. The Morgan fingerprint density at radius 1 is 1.33 bits per heavy atom. The highest BCUT2D eigenvalue weighted by Gasteiger charge is 2.20. The third kappa shape index (κ3) is 3.66. The maximum atomic E-state index is 12.2. The van der Waals surface area contributed by atoms with E-state index in [0.29, 0.717) is 5.69 Å². The second-order valence-electron chi connectivity index (χ2n) is 4.46. The Morgan fingerprint density at radius 2 is 1.95 bits per heavy atom. The molecule has 1 aromatic heterocycles. The molecule has 0 bridgehead atoms. The lowest BCUT2D eigenvalue weighted by atomic mass is 10.2. The Hall–Kier alpha value is -1.77. The number of nitrogens with one attached hydrogen (secondary N) is 1. The van der Waals surface area contributed by atoms with Crippen LogP contribution in [-0.2, 0) is 10.0 Å². The fourth-order valence-electron chi connectivity index (χ4n) is 1.72. The summed E-state index contributed by atoms with van der Waals surface area (Å²) in [4.78, 5) is 15.0. The maximum Gasteiger partial charge on any atom is 0.335 e. The number of aromatic carboxylic acids is 1. The number of aryl methyl sites for hydroxylation is 1. The molecule has 0 aliphatic rings. The van der Waals surface area contributed by atoms with Gasteiger partial charge in [0.1, 0.15) is 0 Å². The standard InChI is InChI=1S/C13H14N2O4S2/c1-8(12-7-20-9(2)14-12)15-21(18,19)11-5-3-10(4-6-11)13(16)17/h3-8,15H,1-2H3,(H,16,17). The second-order valence-corrected chi connectivity index (χ2v) is 7.24. The number of aromatic nitrogens is 1. The van der Waals surface area contributed by atoms with Gasteiger partial charge in [0.25, 0.3) is 0 Å². The Morgan fingerprint density at radius 3 is 2.43 bits per heavy atom. The molecule has 0 radical (unpaired) electrons. The molecule has 0 spiro atoms. The molecule has 0 amide bonds. The molecule has 0 aliphatic heterocycles. The van der Waals surface area contributed by atoms with Crippen molar-refractivity contribution in [2.45, 2.75) is 24.8 Å². The second kappa shape index (κ2) is 5.92. The van der Waals surface area contributed by atoms with E-state index >= 15 is 0 Å². The van der Waals surface area contributed by atoms with Crippen LogP contribution >= 0.6 is 11.3 Å². The Bertz CT molecular complexity index is 751. The minimum Gasteiger partial charge on any atom is -0.478 e. The molecule has 0 aliphatic carbocycles. The fraction of sp³-hybridized carbons (Fsp3) is 0.231. The molecule has 0 saturated heterocycles. The summed E-state index contributed by atoms with van der Waals surface area (Å²) in [6.45, 7) is 3.55. The summed E-state index contributed by atoms with van der Waals surface area (Å²) in [6.07, 6.45) is 0. The Kier molecular flexibility index (Phi) is 4.40. The van der Waals surface area contributed by atoms with Crippen molar-refractivity contribution in [2.75, 3.05) is 0 Å². The van der Waals surface area contributed by atoms with Gasteiger partial charge in [0.15, 0.2) is 0 Å².